The van der Waals surface area contributed by atoms with Crippen molar-refractivity contribution in [2.75, 3.05) is 11.6 Å². The van der Waals surface area contributed by atoms with Crippen LogP contribution in [-0.2, 0) is 0 Å². The van der Waals surface area contributed by atoms with Crippen LogP contribution in [0.5, 0.6) is 0 Å². The first kappa shape index (κ1) is 13.9. The Bertz CT molecular complexity index is 592. The summed E-state index contributed by atoms with van der Waals surface area (Å²) in [4.78, 5) is 1.50. The summed E-state index contributed by atoms with van der Waals surface area (Å²) < 4.78 is 0. The Morgan fingerprint density at radius 1 is 1.16 bits per heavy atom. The van der Waals surface area contributed by atoms with E-state index < -0.39 is 0 Å². The zero-order valence-electron chi connectivity index (χ0n) is 10.9. The van der Waals surface area contributed by atoms with E-state index in [0.29, 0.717) is 4.99 Å². The van der Waals surface area contributed by atoms with E-state index in [2.05, 4.69) is 24.4 Å². The van der Waals surface area contributed by atoms with Crippen molar-refractivity contribution in [3.05, 3.63) is 53.6 Å². The van der Waals surface area contributed by atoms with E-state index in [0.717, 1.165) is 21.8 Å². The predicted octanol–water partition coefficient (Wildman–Crippen LogP) is 4.09. The number of hydrogen-bond donors (Lipinski definition) is 2. The molecule has 2 aromatic rings. The van der Waals surface area contributed by atoms with Gasteiger partial charge in [0.15, 0.2) is 0 Å². The Hall–Kier alpha value is -1.52. The first-order valence-electron chi connectivity index (χ1n) is 5.92. The van der Waals surface area contributed by atoms with E-state index >= 15 is 0 Å². The standard InChI is InChI=1S/C15H16N2S2/c1-10-6-8-11(9-7-10)17-12-4-3-5-13(19-2)14(12)15(16)18/h3-9,17H,1-2H3,(H2,16,18). The Balaban J connectivity index is 2.39. The molecule has 0 saturated heterocycles. The van der Waals surface area contributed by atoms with E-state index in [9.17, 15) is 0 Å². The van der Waals surface area contributed by atoms with Crippen molar-refractivity contribution in [3.8, 4) is 0 Å². The van der Waals surface area contributed by atoms with Crippen molar-refractivity contribution in [3.63, 3.8) is 0 Å². The molecule has 2 aromatic carbocycles. The number of thioether (sulfide) groups is 1. The molecule has 98 valence electrons. The van der Waals surface area contributed by atoms with E-state index in [1.807, 2.05) is 36.6 Å². The summed E-state index contributed by atoms with van der Waals surface area (Å²) in [5.74, 6) is 0. The van der Waals surface area contributed by atoms with Crippen LogP contribution >= 0.6 is 24.0 Å². The third-order valence-electron chi connectivity index (χ3n) is 2.82. The summed E-state index contributed by atoms with van der Waals surface area (Å²) in [6.07, 6.45) is 2.02. The topological polar surface area (TPSA) is 38.0 Å². The maximum Gasteiger partial charge on any atom is 0.107 e. The zero-order valence-corrected chi connectivity index (χ0v) is 12.6. The van der Waals surface area contributed by atoms with Gasteiger partial charge in [0.25, 0.3) is 0 Å². The molecule has 0 aliphatic carbocycles. The number of benzene rings is 2. The van der Waals surface area contributed by atoms with E-state index in [1.165, 1.54) is 5.56 Å². The minimum Gasteiger partial charge on any atom is -0.389 e. The molecular formula is C15H16N2S2. The Labute approximate surface area is 123 Å². The lowest BCUT2D eigenvalue weighted by Crippen LogP contribution is -2.13. The quantitative estimate of drug-likeness (QED) is 0.656. The van der Waals surface area contributed by atoms with Gasteiger partial charge in [-0.3, -0.25) is 0 Å². The summed E-state index contributed by atoms with van der Waals surface area (Å²) in [7, 11) is 0. The minimum atomic E-state index is 0.416. The largest absolute Gasteiger partial charge is 0.389 e. The monoisotopic (exact) mass is 288 g/mol. The number of nitrogens with two attached hydrogens (primary N) is 1. The maximum absolute atomic E-state index is 5.85. The molecule has 0 aromatic heterocycles. The van der Waals surface area contributed by atoms with Crippen LogP contribution in [0.15, 0.2) is 47.4 Å². The summed E-state index contributed by atoms with van der Waals surface area (Å²) >= 11 is 6.81. The molecule has 0 amide bonds. The van der Waals surface area contributed by atoms with Gasteiger partial charge in [0.05, 0.1) is 0 Å². The van der Waals surface area contributed by atoms with Crippen LogP contribution in [0.3, 0.4) is 0 Å². The molecule has 0 unspecified atom stereocenters. The Kier molecular flexibility index (Phi) is 4.45. The maximum atomic E-state index is 5.85. The van der Waals surface area contributed by atoms with Crippen molar-refractivity contribution in [2.45, 2.75) is 11.8 Å². The van der Waals surface area contributed by atoms with Gasteiger partial charge in [0.2, 0.25) is 0 Å². The highest BCUT2D eigenvalue weighted by molar-refractivity contribution is 7.98. The Morgan fingerprint density at radius 2 is 1.84 bits per heavy atom. The van der Waals surface area contributed by atoms with Crippen LogP contribution in [-0.4, -0.2) is 11.2 Å². The molecule has 2 rings (SSSR count). The molecule has 2 nitrogen and oxygen atoms in total. The highest BCUT2D eigenvalue weighted by Gasteiger charge is 2.10. The molecule has 0 aliphatic rings. The molecule has 0 aliphatic heterocycles. The van der Waals surface area contributed by atoms with Crippen LogP contribution < -0.4 is 11.1 Å². The van der Waals surface area contributed by atoms with Gasteiger partial charge in [0, 0.05) is 21.8 Å². The zero-order chi connectivity index (χ0) is 13.8. The van der Waals surface area contributed by atoms with Crippen molar-refractivity contribution < 1.29 is 0 Å². The number of nitrogens with one attached hydrogen (secondary N) is 1. The van der Waals surface area contributed by atoms with Gasteiger partial charge in [0.1, 0.15) is 4.99 Å². The molecule has 0 atom stereocenters. The summed E-state index contributed by atoms with van der Waals surface area (Å²) in [6, 6.07) is 14.3. The first-order valence-corrected chi connectivity index (χ1v) is 7.55. The molecule has 0 radical (unpaired) electrons. The van der Waals surface area contributed by atoms with Gasteiger partial charge in [-0.05, 0) is 37.4 Å². The first-order chi connectivity index (χ1) is 9.11. The summed E-state index contributed by atoms with van der Waals surface area (Å²) in [5.41, 5.74) is 9.97. The molecule has 0 bridgehead atoms. The molecule has 3 N–H and O–H groups in total. The van der Waals surface area contributed by atoms with Gasteiger partial charge in [-0.25, -0.2) is 0 Å². The Morgan fingerprint density at radius 3 is 2.42 bits per heavy atom. The minimum absolute atomic E-state index is 0.416. The lowest BCUT2D eigenvalue weighted by molar-refractivity contribution is 1.39. The average Bonchev–Trinajstić information content (AvgIpc) is 2.40. The molecular weight excluding hydrogens is 272 g/mol. The van der Waals surface area contributed by atoms with Gasteiger partial charge in [-0.1, -0.05) is 36.0 Å². The predicted molar refractivity (Wildman–Crippen MR) is 88.6 cm³/mol. The number of thiocarbonyl (C=S) groups is 1. The van der Waals surface area contributed by atoms with Crippen LogP contribution in [0.1, 0.15) is 11.1 Å². The normalized spacial score (nSPS) is 10.2. The second kappa shape index (κ2) is 6.08. The fourth-order valence-electron chi connectivity index (χ4n) is 1.85. The van der Waals surface area contributed by atoms with Gasteiger partial charge >= 0.3 is 0 Å². The fraction of sp³-hybridized carbons (Fsp3) is 0.133. The lowest BCUT2D eigenvalue weighted by Gasteiger charge is -2.14. The highest BCUT2D eigenvalue weighted by atomic mass is 32.2. The molecule has 0 fully saturated rings. The molecule has 19 heavy (non-hydrogen) atoms. The molecule has 0 spiro atoms. The van der Waals surface area contributed by atoms with Gasteiger partial charge in [-0.15, -0.1) is 11.8 Å². The van der Waals surface area contributed by atoms with E-state index in [1.54, 1.807) is 11.8 Å². The summed E-state index contributed by atoms with van der Waals surface area (Å²) in [5, 5.41) is 3.37. The van der Waals surface area contributed by atoms with Crippen molar-refractivity contribution in [1.82, 2.24) is 0 Å². The van der Waals surface area contributed by atoms with Crippen LogP contribution in [0.2, 0.25) is 0 Å². The van der Waals surface area contributed by atoms with Crippen molar-refractivity contribution in [1.29, 1.82) is 0 Å². The summed E-state index contributed by atoms with van der Waals surface area (Å²) in [6.45, 7) is 2.07. The van der Waals surface area contributed by atoms with E-state index in [-0.39, 0.29) is 0 Å². The van der Waals surface area contributed by atoms with E-state index in [4.69, 9.17) is 18.0 Å². The second-order valence-electron chi connectivity index (χ2n) is 4.24. The average molecular weight is 288 g/mol. The molecule has 0 heterocycles. The number of hydrogen-bond acceptors (Lipinski definition) is 3. The number of rotatable bonds is 4. The highest BCUT2D eigenvalue weighted by Crippen LogP contribution is 2.29. The SMILES string of the molecule is CSc1cccc(Nc2ccc(C)cc2)c1C(N)=S. The third-order valence-corrected chi connectivity index (χ3v) is 3.81. The van der Waals surface area contributed by atoms with Gasteiger partial charge < -0.3 is 11.1 Å². The van der Waals surface area contributed by atoms with Crippen LogP contribution in [0.4, 0.5) is 11.4 Å². The smallest absolute Gasteiger partial charge is 0.107 e. The number of aryl methyl sites for hydroxylation is 1. The van der Waals surface area contributed by atoms with Crippen molar-refractivity contribution >= 4 is 40.3 Å². The number of anilines is 2. The van der Waals surface area contributed by atoms with Crippen LogP contribution in [0.25, 0.3) is 0 Å². The molecule has 0 saturated carbocycles. The third kappa shape index (κ3) is 3.28. The van der Waals surface area contributed by atoms with Crippen LogP contribution in [0, 0.1) is 6.92 Å². The second-order valence-corrected chi connectivity index (χ2v) is 5.53. The fourth-order valence-corrected chi connectivity index (χ4v) is 2.78. The van der Waals surface area contributed by atoms with Gasteiger partial charge in [-0.2, -0.15) is 0 Å². The lowest BCUT2D eigenvalue weighted by atomic mass is 10.1. The molecule has 4 heteroatoms. The van der Waals surface area contributed by atoms with Crippen molar-refractivity contribution in [2.24, 2.45) is 5.73 Å².